The Hall–Kier alpha value is -0.820. The summed E-state index contributed by atoms with van der Waals surface area (Å²) in [6.07, 6.45) is -0.276. The maximum absolute atomic E-state index is 9.43. The molecule has 0 aliphatic rings. The third kappa shape index (κ3) is 2.31. The second-order valence-corrected chi connectivity index (χ2v) is 3.87. The quantitative estimate of drug-likeness (QED) is 0.738. The highest BCUT2D eigenvalue weighted by Crippen LogP contribution is 2.21. The fourth-order valence-corrected chi connectivity index (χ4v) is 1.33. The van der Waals surface area contributed by atoms with Crippen LogP contribution in [0.5, 0.6) is 0 Å². The Labute approximate surface area is 80.4 Å². The second-order valence-electron chi connectivity index (χ2n) is 3.87. The first kappa shape index (κ1) is 10.3. The highest BCUT2D eigenvalue weighted by molar-refractivity contribution is 5.32. The van der Waals surface area contributed by atoms with Crippen molar-refractivity contribution in [2.75, 3.05) is 0 Å². The molecule has 72 valence electrons. The van der Waals surface area contributed by atoms with Crippen LogP contribution in [0.15, 0.2) is 18.2 Å². The molecule has 0 aromatic heterocycles. The van der Waals surface area contributed by atoms with Crippen molar-refractivity contribution in [2.45, 2.75) is 39.7 Å². The van der Waals surface area contributed by atoms with Crippen molar-refractivity contribution >= 4 is 0 Å². The molecular weight excluding hydrogens is 160 g/mol. The molecule has 0 heterocycles. The first-order valence-corrected chi connectivity index (χ1v) is 4.77. The molecule has 0 amide bonds. The van der Waals surface area contributed by atoms with Gasteiger partial charge in [0, 0.05) is 5.92 Å². The largest absolute Gasteiger partial charge is 0.393 e. The zero-order valence-corrected chi connectivity index (χ0v) is 8.83. The lowest BCUT2D eigenvalue weighted by atomic mass is 9.93. The first-order chi connectivity index (χ1) is 6.02. The van der Waals surface area contributed by atoms with E-state index in [-0.39, 0.29) is 12.0 Å². The fraction of sp³-hybridized carbons (Fsp3) is 0.500. The molecule has 1 nitrogen and oxygen atoms in total. The maximum atomic E-state index is 9.43. The Morgan fingerprint density at radius 3 is 2.15 bits per heavy atom. The van der Waals surface area contributed by atoms with Gasteiger partial charge in [-0.2, -0.15) is 0 Å². The van der Waals surface area contributed by atoms with Crippen molar-refractivity contribution in [3.63, 3.8) is 0 Å². The summed E-state index contributed by atoms with van der Waals surface area (Å²) >= 11 is 0. The summed E-state index contributed by atoms with van der Waals surface area (Å²) in [7, 11) is 0. The van der Waals surface area contributed by atoms with Crippen molar-refractivity contribution in [2.24, 2.45) is 0 Å². The van der Waals surface area contributed by atoms with Crippen LogP contribution < -0.4 is 0 Å². The number of aliphatic hydroxyl groups is 1. The van der Waals surface area contributed by atoms with Crippen LogP contribution in [0.2, 0.25) is 0 Å². The number of rotatable bonds is 2. The topological polar surface area (TPSA) is 20.2 Å². The van der Waals surface area contributed by atoms with Crippen LogP contribution in [-0.4, -0.2) is 11.2 Å². The minimum atomic E-state index is -0.276. The van der Waals surface area contributed by atoms with Gasteiger partial charge in [0.05, 0.1) is 6.10 Å². The smallest absolute Gasteiger partial charge is 0.0577 e. The van der Waals surface area contributed by atoms with E-state index in [1.54, 1.807) is 0 Å². The monoisotopic (exact) mass is 178 g/mol. The van der Waals surface area contributed by atoms with E-state index in [4.69, 9.17) is 0 Å². The third-order valence-corrected chi connectivity index (χ3v) is 2.78. The van der Waals surface area contributed by atoms with E-state index < -0.39 is 0 Å². The van der Waals surface area contributed by atoms with Crippen molar-refractivity contribution in [1.82, 2.24) is 0 Å². The Morgan fingerprint density at radius 1 is 1.08 bits per heavy atom. The minimum absolute atomic E-state index is 0.222. The molecule has 1 heteroatoms. The molecule has 1 aromatic carbocycles. The van der Waals surface area contributed by atoms with Gasteiger partial charge in [0.2, 0.25) is 0 Å². The molecule has 0 aliphatic heterocycles. The molecule has 0 fully saturated rings. The second kappa shape index (κ2) is 3.93. The average molecular weight is 178 g/mol. The van der Waals surface area contributed by atoms with E-state index in [9.17, 15) is 5.11 Å². The van der Waals surface area contributed by atoms with E-state index in [1.165, 1.54) is 16.7 Å². The van der Waals surface area contributed by atoms with E-state index in [0.29, 0.717) is 0 Å². The summed E-state index contributed by atoms with van der Waals surface area (Å²) in [5.74, 6) is 0.222. The lowest BCUT2D eigenvalue weighted by Gasteiger charge is -2.16. The van der Waals surface area contributed by atoms with Gasteiger partial charge in [-0.25, -0.2) is 0 Å². The number of aliphatic hydroxyl groups excluding tert-OH is 1. The Balaban J connectivity index is 2.97. The highest BCUT2D eigenvalue weighted by Gasteiger charge is 2.11. The molecule has 1 N–H and O–H groups in total. The van der Waals surface area contributed by atoms with Gasteiger partial charge in [-0.1, -0.05) is 25.1 Å². The van der Waals surface area contributed by atoms with Crippen LogP contribution in [0.1, 0.15) is 36.5 Å². The van der Waals surface area contributed by atoms with E-state index >= 15 is 0 Å². The first-order valence-electron chi connectivity index (χ1n) is 4.77. The van der Waals surface area contributed by atoms with Gasteiger partial charge in [0.1, 0.15) is 0 Å². The maximum Gasteiger partial charge on any atom is 0.0577 e. The van der Waals surface area contributed by atoms with E-state index in [0.717, 1.165) is 0 Å². The lowest BCUT2D eigenvalue weighted by molar-refractivity contribution is 0.169. The van der Waals surface area contributed by atoms with E-state index in [1.807, 2.05) is 6.92 Å². The molecule has 0 spiro atoms. The summed E-state index contributed by atoms with van der Waals surface area (Å²) in [6.45, 7) is 8.09. The summed E-state index contributed by atoms with van der Waals surface area (Å²) < 4.78 is 0. The molecule has 0 bridgehead atoms. The average Bonchev–Trinajstić information content (AvgIpc) is 2.08. The number of benzene rings is 1. The van der Waals surface area contributed by atoms with Gasteiger partial charge in [-0.15, -0.1) is 0 Å². The van der Waals surface area contributed by atoms with Crippen LogP contribution in [0.4, 0.5) is 0 Å². The normalized spacial score (nSPS) is 15.5. The van der Waals surface area contributed by atoms with Crippen LogP contribution in [-0.2, 0) is 0 Å². The van der Waals surface area contributed by atoms with Gasteiger partial charge in [0.15, 0.2) is 0 Å². The van der Waals surface area contributed by atoms with Crippen LogP contribution in [0, 0.1) is 13.8 Å². The van der Waals surface area contributed by atoms with Gasteiger partial charge in [0.25, 0.3) is 0 Å². The van der Waals surface area contributed by atoms with Gasteiger partial charge in [-0.3, -0.25) is 0 Å². The fourth-order valence-electron chi connectivity index (χ4n) is 1.33. The van der Waals surface area contributed by atoms with Crippen LogP contribution in [0.25, 0.3) is 0 Å². The zero-order valence-electron chi connectivity index (χ0n) is 8.83. The molecule has 0 aliphatic carbocycles. The molecule has 2 unspecified atom stereocenters. The van der Waals surface area contributed by atoms with Crippen molar-refractivity contribution in [1.29, 1.82) is 0 Å². The summed E-state index contributed by atoms with van der Waals surface area (Å²) in [5, 5.41) is 9.43. The molecule has 1 aromatic rings. The molecule has 0 saturated carbocycles. The third-order valence-electron chi connectivity index (χ3n) is 2.78. The van der Waals surface area contributed by atoms with Gasteiger partial charge in [-0.05, 0) is 37.5 Å². The predicted octanol–water partition coefficient (Wildman–Crippen LogP) is 2.79. The summed E-state index contributed by atoms with van der Waals surface area (Å²) in [4.78, 5) is 0. The molecular formula is C12H18O. The Kier molecular flexibility index (Phi) is 3.10. The van der Waals surface area contributed by atoms with Crippen LogP contribution >= 0.6 is 0 Å². The lowest BCUT2D eigenvalue weighted by Crippen LogP contribution is -2.11. The Bertz CT molecular complexity index is 289. The standard InChI is InChI=1S/C12H18O/c1-8-5-6-12(7-9(8)2)10(3)11(4)13/h5-7,10-11,13H,1-4H3. The molecule has 0 radical (unpaired) electrons. The SMILES string of the molecule is Cc1ccc(C(C)C(C)O)cc1C. The summed E-state index contributed by atoms with van der Waals surface area (Å²) in [6, 6.07) is 6.37. The molecule has 2 atom stereocenters. The molecule has 1 rings (SSSR count). The van der Waals surface area contributed by atoms with E-state index in [2.05, 4.69) is 39.0 Å². The van der Waals surface area contributed by atoms with Crippen molar-refractivity contribution in [3.05, 3.63) is 34.9 Å². The molecule has 13 heavy (non-hydrogen) atoms. The highest BCUT2D eigenvalue weighted by atomic mass is 16.3. The number of hydrogen-bond acceptors (Lipinski definition) is 1. The number of aryl methyl sites for hydroxylation is 2. The predicted molar refractivity (Wildman–Crippen MR) is 56.0 cm³/mol. The molecule has 0 saturated heterocycles. The van der Waals surface area contributed by atoms with Crippen molar-refractivity contribution < 1.29 is 5.11 Å². The number of hydrogen-bond donors (Lipinski definition) is 1. The van der Waals surface area contributed by atoms with Crippen LogP contribution in [0.3, 0.4) is 0 Å². The Morgan fingerprint density at radius 2 is 1.69 bits per heavy atom. The van der Waals surface area contributed by atoms with Gasteiger partial charge >= 0.3 is 0 Å². The van der Waals surface area contributed by atoms with Gasteiger partial charge < -0.3 is 5.11 Å². The van der Waals surface area contributed by atoms with Crippen molar-refractivity contribution in [3.8, 4) is 0 Å². The zero-order chi connectivity index (χ0) is 10.0. The summed E-state index contributed by atoms with van der Waals surface area (Å²) in [5.41, 5.74) is 3.82. The minimum Gasteiger partial charge on any atom is -0.393 e.